The predicted octanol–water partition coefficient (Wildman–Crippen LogP) is 4.92. The molecule has 0 amide bonds. The van der Waals surface area contributed by atoms with Crippen LogP contribution in [0, 0.1) is 6.92 Å². The van der Waals surface area contributed by atoms with Crippen LogP contribution >= 0.6 is 11.6 Å². The van der Waals surface area contributed by atoms with Crippen molar-refractivity contribution in [3.63, 3.8) is 0 Å². The molecule has 1 atom stereocenters. The second kappa shape index (κ2) is 5.98. The molecular weight excluding hydrogens is 258 g/mol. The second-order valence-electron chi connectivity index (χ2n) is 4.66. The fraction of sp³-hybridized carbons (Fsp3) is 0.250. The zero-order chi connectivity index (χ0) is 13.8. The summed E-state index contributed by atoms with van der Waals surface area (Å²) in [7, 11) is 0. The quantitative estimate of drug-likeness (QED) is 0.777. The highest BCUT2D eigenvalue weighted by molar-refractivity contribution is 6.30. The average molecular weight is 276 g/mol. The number of anilines is 1. The van der Waals surface area contributed by atoms with E-state index in [4.69, 9.17) is 11.6 Å². The molecule has 2 nitrogen and oxygen atoms in total. The van der Waals surface area contributed by atoms with Gasteiger partial charge in [0.15, 0.2) is 0 Å². The maximum absolute atomic E-state index is 9.54. The van der Waals surface area contributed by atoms with Gasteiger partial charge in [0.1, 0.15) is 5.75 Å². The fourth-order valence-corrected chi connectivity index (χ4v) is 2.19. The van der Waals surface area contributed by atoms with Crippen molar-refractivity contribution >= 4 is 17.3 Å². The average Bonchev–Trinajstić information content (AvgIpc) is 2.41. The molecule has 0 aliphatic rings. The van der Waals surface area contributed by atoms with E-state index in [1.54, 1.807) is 6.07 Å². The first-order valence-corrected chi connectivity index (χ1v) is 6.79. The summed E-state index contributed by atoms with van der Waals surface area (Å²) in [5.41, 5.74) is 3.09. The lowest BCUT2D eigenvalue weighted by atomic mass is 10.0. The maximum Gasteiger partial charge on any atom is 0.118 e. The van der Waals surface area contributed by atoms with Crippen LogP contribution in [0.2, 0.25) is 5.02 Å². The lowest BCUT2D eigenvalue weighted by Crippen LogP contribution is -2.09. The number of phenolic OH excluding ortho intramolecular Hbond substituents is 1. The third-order valence-electron chi connectivity index (χ3n) is 3.22. The first kappa shape index (κ1) is 13.8. The van der Waals surface area contributed by atoms with E-state index in [1.807, 2.05) is 43.3 Å². The first-order chi connectivity index (χ1) is 9.10. The largest absolute Gasteiger partial charge is 0.508 e. The molecular formula is C16H18ClNO. The van der Waals surface area contributed by atoms with E-state index < -0.39 is 0 Å². The number of aromatic hydroxyl groups is 1. The van der Waals surface area contributed by atoms with Gasteiger partial charge in [0, 0.05) is 10.7 Å². The van der Waals surface area contributed by atoms with Crippen molar-refractivity contribution < 1.29 is 5.11 Å². The van der Waals surface area contributed by atoms with E-state index in [0.717, 1.165) is 22.7 Å². The molecule has 2 rings (SSSR count). The Labute approximate surface area is 119 Å². The van der Waals surface area contributed by atoms with Gasteiger partial charge in [-0.3, -0.25) is 0 Å². The molecule has 0 aliphatic heterocycles. The molecule has 0 bridgehead atoms. The molecule has 0 radical (unpaired) electrons. The lowest BCUT2D eigenvalue weighted by Gasteiger charge is -2.19. The van der Waals surface area contributed by atoms with Crippen molar-refractivity contribution in [2.75, 3.05) is 5.32 Å². The van der Waals surface area contributed by atoms with E-state index in [1.165, 1.54) is 5.56 Å². The van der Waals surface area contributed by atoms with Crippen LogP contribution in [0.1, 0.15) is 30.5 Å². The van der Waals surface area contributed by atoms with Gasteiger partial charge in [0.05, 0.1) is 6.04 Å². The van der Waals surface area contributed by atoms with Gasteiger partial charge in [-0.25, -0.2) is 0 Å². The third-order valence-corrected chi connectivity index (χ3v) is 3.47. The summed E-state index contributed by atoms with van der Waals surface area (Å²) in [6.45, 7) is 4.03. The molecule has 0 heterocycles. The number of aryl methyl sites for hydroxylation is 1. The van der Waals surface area contributed by atoms with Crippen molar-refractivity contribution in [1.82, 2.24) is 0 Å². The first-order valence-electron chi connectivity index (χ1n) is 6.41. The lowest BCUT2D eigenvalue weighted by molar-refractivity contribution is 0.471. The Bertz CT molecular complexity index is 551. The molecule has 2 N–H and O–H groups in total. The second-order valence-corrected chi connectivity index (χ2v) is 5.09. The van der Waals surface area contributed by atoms with Gasteiger partial charge < -0.3 is 10.4 Å². The molecule has 0 fully saturated rings. The summed E-state index contributed by atoms with van der Waals surface area (Å²) in [6, 6.07) is 13.7. The summed E-state index contributed by atoms with van der Waals surface area (Å²) >= 11 is 5.91. The van der Waals surface area contributed by atoms with E-state index in [0.29, 0.717) is 5.75 Å². The minimum atomic E-state index is 0.237. The summed E-state index contributed by atoms with van der Waals surface area (Å²) in [5, 5.41) is 13.8. The van der Waals surface area contributed by atoms with Crippen LogP contribution < -0.4 is 5.32 Å². The van der Waals surface area contributed by atoms with Gasteiger partial charge in [-0.15, -0.1) is 0 Å². The Balaban J connectivity index is 2.18. The summed E-state index contributed by atoms with van der Waals surface area (Å²) < 4.78 is 0. The van der Waals surface area contributed by atoms with Crippen molar-refractivity contribution in [3.05, 3.63) is 58.6 Å². The van der Waals surface area contributed by atoms with Gasteiger partial charge in [0.2, 0.25) is 0 Å². The monoisotopic (exact) mass is 275 g/mol. The van der Waals surface area contributed by atoms with Gasteiger partial charge in [-0.1, -0.05) is 30.7 Å². The topological polar surface area (TPSA) is 32.3 Å². The summed E-state index contributed by atoms with van der Waals surface area (Å²) in [6.07, 6.45) is 0.974. The third kappa shape index (κ3) is 3.42. The molecule has 19 heavy (non-hydrogen) atoms. The zero-order valence-corrected chi connectivity index (χ0v) is 11.9. The number of halogens is 1. The molecule has 2 aromatic carbocycles. The Hall–Kier alpha value is -1.67. The maximum atomic E-state index is 9.54. The number of hydrogen-bond donors (Lipinski definition) is 2. The highest BCUT2D eigenvalue weighted by Gasteiger charge is 2.09. The molecule has 0 spiro atoms. The Morgan fingerprint density at radius 1 is 1.16 bits per heavy atom. The van der Waals surface area contributed by atoms with Crippen molar-refractivity contribution in [3.8, 4) is 5.75 Å². The molecule has 0 aromatic heterocycles. The number of rotatable bonds is 4. The van der Waals surface area contributed by atoms with Crippen LogP contribution in [-0.2, 0) is 0 Å². The molecule has 1 unspecified atom stereocenters. The Kier molecular flexibility index (Phi) is 4.33. The Morgan fingerprint density at radius 2 is 1.84 bits per heavy atom. The smallest absolute Gasteiger partial charge is 0.118 e. The number of nitrogens with one attached hydrogen (secondary N) is 1. The van der Waals surface area contributed by atoms with Gasteiger partial charge in [-0.05, 0) is 54.8 Å². The molecule has 0 saturated heterocycles. The van der Waals surface area contributed by atoms with Crippen molar-refractivity contribution in [1.29, 1.82) is 0 Å². The standard InChI is InChI=1S/C16H18ClNO/c1-3-15(12-4-6-13(17)7-5-12)18-14-8-9-16(19)11(2)10-14/h4-10,15,18-19H,3H2,1-2H3. The van der Waals surface area contributed by atoms with Crippen LogP contribution in [0.3, 0.4) is 0 Å². The number of phenols is 1. The Morgan fingerprint density at radius 3 is 2.42 bits per heavy atom. The van der Waals surface area contributed by atoms with Crippen LogP contribution in [0.25, 0.3) is 0 Å². The molecule has 3 heteroatoms. The van der Waals surface area contributed by atoms with E-state index in [2.05, 4.69) is 12.2 Å². The molecule has 2 aromatic rings. The van der Waals surface area contributed by atoms with E-state index >= 15 is 0 Å². The minimum absolute atomic E-state index is 0.237. The minimum Gasteiger partial charge on any atom is -0.508 e. The molecule has 0 aliphatic carbocycles. The van der Waals surface area contributed by atoms with Crippen LogP contribution in [0.4, 0.5) is 5.69 Å². The summed E-state index contributed by atoms with van der Waals surface area (Å²) in [4.78, 5) is 0. The van der Waals surface area contributed by atoms with Gasteiger partial charge in [0.25, 0.3) is 0 Å². The van der Waals surface area contributed by atoms with Crippen LogP contribution in [-0.4, -0.2) is 5.11 Å². The van der Waals surface area contributed by atoms with Gasteiger partial charge in [-0.2, -0.15) is 0 Å². The van der Waals surface area contributed by atoms with Crippen LogP contribution in [0.15, 0.2) is 42.5 Å². The van der Waals surface area contributed by atoms with Gasteiger partial charge >= 0.3 is 0 Å². The van der Waals surface area contributed by atoms with Crippen molar-refractivity contribution in [2.45, 2.75) is 26.3 Å². The van der Waals surface area contributed by atoms with Crippen LogP contribution in [0.5, 0.6) is 5.75 Å². The molecule has 100 valence electrons. The van der Waals surface area contributed by atoms with Crippen molar-refractivity contribution in [2.24, 2.45) is 0 Å². The number of benzene rings is 2. The zero-order valence-electron chi connectivity index (χ0n) is 11.2. The highest BCUT2D eigenvalue weighted by Crippen LogP contribution is 2.26. The van der Waals surface area contributed by atoms with E-state index in [-0.39, 0.29) is 6.04 Å². The SMILES string of the molecule is CCC(Nc1ccc(O)c(C)c1)c1ccc(Cl)cc1. The predicted molar refractivity (Wildman–Crippen MR) is 81.0 cm³/mol. The highest BCUT2D eigenvalue weighted by atomic mass is 35.5. The molecule has 0 saturated carbocycles. The normalized spacial score (nSPS) is 12.2. The summed E-state index contributed by atoms with van der Waals surface area (Å²) in [5.74, 6) is 0.324. The number of hydrogen-bond acceptors (Lipinski definition) is 2. The van der Waals surface area contributed by atoms with E-state index in [9.17, 15) is 5.11 Å². The fourth-order valence-electron chi connectivity index (χ4n) is 2.06.